The molecule has 1 N–H and O–H groups in total. The first-order valence-corrected chi connectivity index (χ1v) is 6.18. The normalized spacial score (nSPS) is 11.0. The summed E-state index contributed by atoms with van der Waals surface area (Å²) in [7, 11) is 0. The summed E-state index contributed by atoms with van der Waals surface area (Å²) in [6.07, 6.45) is 2.74. The Kier molecular flexibility index (Phi) is 3.17. The highest BCUT2D eigenvalue weighted by atomic mass is 35.5. The van der Waals surface area contributed by atoms with E-state index in [1.165, 1.54) is 18.5 Å². The number of halogens is 4. The molecular weight excluding hydrogens is 305 g/mol. The van der Waals surface area contributed by atoms with Crippen molar-refractivity contribution in [3.8, 4) is 0 Å². The highest BCUT2D eigenvalue weighted by Gasteiger charge is 2.23. The fraction of sp³-hybridized carbons (Fsp3) is 0. The molecule has 0 amide bonds. The van der Waals surface area contributed by atoms with Gasteiger partial charge in [-0.1, -0.05) is 11.6 Å². The van der Waals surface area contributed by atoms with Gasteiger partial charge in [0.2, 0.25) is 0 Å². The first-order chi connectivity index (χ1) is 10.0. The number of carbonyl (C=O) groups is 1. The van der Waals surface area contributed by atoms with E-state index < -0.39 is 28.8 Å². The molecule has 0 fully saturated rings. The number of pyridine rings is 1. The van der Waals surface area contributed by atoms with Crippen LogP contribution in [0.1, 0.15) is 15.9 Å². The molecule has 2 heterocycles. The van der Waals surface area contributed by atoms with Crippen LogP contribution in [0, 0.1) is 17.5 Å². The summed E-state index contributed by atoms with van der Waals surface area (Å²) < 4.78 is 39.9. The summed E-state index contributed by atoms with van der Waals surface area (Å²) in [5.41, 5.74) is -0.198. The molecule has 0 aliphatic carbocycles. The van der Waals surface area contributed by atoms with Gasteiger partial charge in [-0.3, -0.25) is 4.79 Å². The van der Waals surface area contributed by atoms with Gasteiger partial charge in [-0.2, -0.15) is 0 Å². The molecule has 3 nitrogen and oxygen atoms in total. The van der Waals surface area contributed by atoms with Crippen molar-refractivity contribution in [2.24, 2.45) is 0 Å². The Hall–Kier alpha value is -2.34. The predicted octanol–water partition coefficient (Wildman–Crippen LogP) is 3.86. The Balaban J connectivity index is 2.20. The number of aromatic amines is 1. The monoisotopic (exact) mass is 310 g/mol. The van der Waals surface area contributed by atoms with E-state index in [1.807, 2.05) is 0 Å². The van der Waals surface area contributed by atoms with E-state index in [0.717, 1.165) is 6.07 Å². The minimum Gasteiger partial charge on any atom is -0.345 e. The van der Waals surface area contributed by atoms with Crippen LogP contribution in [-0.2, 0) is 0 Å². The molecule has 0 radical (unpaired) electrons. The minimum atomic E-state index is -1.69. The number of nitrogens with zero attached hydrogens (tertiary/aromatic N) is 1. The fourth-order valence-electron chi connectivity index (χ4n) is 2.04. The van der Waals surface area contributed by atoms with Crippen LogP contribution in [0.25, 0.3) is 11.0 Å². The van der Waals surface area contributed by atoms with Crippen molar-refractivity contribution in [1.29, 1.82) is 0 Å². The van der Waals surface area contributed by atoms with Gasteiger partial charge < -0.3 is 4.98 Å². The average Bonchev–Trinajstić information content (AvgIpc) is 2.90. The number of fused-ring (bicyclic) bond motifs is 1. The van der Waals surface area contributed by atoms with Crippen molar-refractivity contribution in [1.82, 2.24) is 9.97 Å². The topological polar surface area (TPSA) is 45.8 Å². The van der Waals surface area contributed by atoms with Gasteiger partial charge in [0.05, 0.1) is 16.1 Å². The summed E-state index contributed by atoms with van der Waals surface area (Å²) in [5, 5.41) is 0.542. The van der Waals surface area contributed by atoms with E-state index >= 15 is 0 Å². The molecule has 0 aliphatic rings. The van der Waals surface area contributed by atoms with Crippen LogP contribution >= 0.6 is 11.6 Å². The van der Waals surface area contributed by atoms with Gasteiger partial charge in [-0.05, 0) is 18.2 Å². The maximum absolute atomic E-state index is 13.7. The minimum absolute atomic E-state index is 0.0352. The Morgan fingerprint density at radius 2 is 1.86 bits per heavy atom. The Labute approximate surface area is 121 Å². The molecule has 3 aromatic rings. The molecule has 0 unspecified atom stereocenters. The number of rotatable bonds is 2. The van der Waals surface area contributed by atoms with Crippen molar-refractivity contribution in [2.45, 2.75) is 0 Å². The Morgan fingerprint density at radius 1 is 1.10 bits per heavy atom. The van der Waals surface area contributed by atoms with Gasteiger partial charge in [0.15, 0.2) is 23.2 Å². The molecule has 106 valence electrons. The lowest BCUT2D eigenvalue weighted by Crippen LogP contribution is -2.07. The summed E-state index contributed by atoms with van der Waals surface area (Å²) in [5.74, 6) is -5.39. The molecule has 7 heteroatoms. The van der Waals surface area contributed by atoms with Crippen LogP contribution in [0.4, 0.5) is 13.2 Å². The second-order valence-corrected chi connectivity index (χ2v) is 4.68. The molecule has 0 bridgehead atoms. The fourth-order valence-corrected chi connectivity index (χ4v) is 2.29. The maximum Gasteiger partial charge on any atom is 0.198 e. The van der Waals surface area contributed by atoms with Crippen LogP contribution < -0.4 is 0 Å². The number of H-pyrrole nitrogens is 1. The van der Waals surface area contributed by atoms with Crippen molar-refractivity contribution in [3.05, 3.63) is 64.2 Å². The summed E-state index contributed by atoms with van der Waals surface area (Å²) >= 11 is 5.99. The first kappa shape index (κ1) is 13.6. The Bertz CT molecular complexity index is 876. The highest BCUT2D eigenvalue weighted by molar-refractivity contribution is 6.37. The zero-order valence-electron chi connectivity index (χ0n) is 10.3. The third kappa shape index (κ3) is 2.08. The van der Waals surface area contributed by atoms with Gasteiger partial charge in [0, 0.05) is 17.8 Å². The predicted molar refractivity (Wildman–Crippen MR) is 70.9 cm³/mol. The van der Waals surface area contributed by atoms with Crippen molar-refractivity contribution >= 4 is 28.4 Å². The zero-order valence-corrected chi connectivity index (χ0v) is 11.0. The number of aromatic nitrogens is 2. The van der Waals surface area contributed by atoms with Gasteiger partial charge in [-0.15, -0.1) is 0 Å². The Morgan fingerprint density at radius 3 is 2.62 bits per heavy atom. The van der Waals surface area contributed by atoms with Gasteiger partial charge in [-0.25, -0.2) is 18.2 Å². The van der Waals surface area contributed by atoms with Crippen LogP contribution in [0.15, 0.2) is 30.6 Å². The highest BCUT2D eigenvalue weighted by Crippen LogP contribution is 2.28. The molecule has 0 aliphatic heterocycles. The van der Waals surface area contributed by atoms with E-state index in [0.29, 0.717) is 17.1 Å². The van der Waals surface area contributed by atoms with E-state index in [1.54, 1.807) is 0 Å². The number of nitrogens with one attached hydrogen (secondary N) is 1. The zero-order chi connectivity index (χ0) is 15.1. The molecule has 0 spiro atoms. The number of ketones is 1. The maximum atomic E-state index is 13.7. The molecule has 0 saturated heterocycles. The van der Waals surface area contributed by atoms with Crippen LogP contribution in [0.5, 0.6) is 0 Å². The molecular formula is C14H6ClF3N2O. The standard InChI is InChI=1S/C14H6ClF3N2O/c15-8-3-4-19-14-10(8)7(5-20-14)13(21)6-1-2-9(16)12(18)11(6)17/h1-5H,(H,19,20). The summed E-state index contributed by atoms with van der Waals surface area (Å²) in [6.45, 7) is 0. The van der Waals surface area contributed by atoms with Gasteiger partial charge >= 0.3 is 0 Å². The number of carbonyl (C=O) groups excluding carboxylic acids is 1. The summed E-state index contributed by atoms with van der Waals surface area (Å²) in [4.78, 5) is 19.0. The SMILES string of the molecule is O=C(c1ccc(F)c(F)c1F)c1c[nH]c2nccc(Cl)c12. The molecule has 0 atom stereocenters. The third-order valence-electron chi connectivity index (χ3n) is 3.05. The molecule has 3 rings (SSSR count). The van der Waals surface area contributed by atoms with Crippen LogP contribution in [0.2, 0.25) is 5.02 Å². The number of hydrogen-bond acceptors (Lipinski definition) is 2. The first-order valence-electron chi connectivity index (χ1n) is 5.80. The second kappa shape index (κ2) is 4.89. The van der Waals surface area contributed by atoms with Gasteiger partial charge in [0.25, 0.3) is 0 Å². The summed E-state index contributed by atoms with van der Waals surface area (Å²) in [6, 6.07) is 3.05. The van der Waals surface area contributed by atoms with E-state index in [-0.39, 0.29) is 10.6 Å². The van der Waals surface area contributed by atoms with E-state index in [4.69, 9.17) is 11.6 Å². The van der Waals surface area contributed by atoms with E-state index in [9.17, 15) is 18.0 Å². The quantitative estimate of drug-likeness (QED) is 0.577. The molecule has 0 saturated carbocycles. The van der Waals surface area contributed by atoms with Crippen molar-refractivity contribution < 1.29 is 18.0 Å². The molecule has 21 heavy (non-hydrogen) atoms. The van der Waals surface area contributed by atoms with Crippen LogP contribution in [-0.4, -0.2) is 15.8 Å². The molecule has 1 aromatic carbocycles. The average molecular weight is 311 g/mol. The largest absolute Gasteiger partial charge is 0.345 e. The van der Waals surface area contributed by atoms with Gasteiger partial charge in [0.1, 0.15) is 5.65 Å². The van der Waals surface area contributed by atoms with Crippen LogP contribution in [0.3, 0.4) is 0 Å². The lowest BCUT2D eigenvalue weighted by Gasteiger charge is -2.04. The smallest absolute Gasteiger partial charge is 0.198 e. The second-order valence-electron chi connectivity index (χ2n) is 4.27. The van der Waals surface area contributed by atoms with Crippen molar-refractivity contribution in [3.63, 3.8) is 0 Å². The number of benzene rings is 1. The lowest BCUT2D eigenvalue weighted by atomic mass is 10.0. The van der Waals surface area contributed by atoms with Crippen molar-refractivity contribution in [2.75, 3.05) is 0 Å². The molecule has 2 aromatic heterocycles. The number of hydrogen-bond donors (Lipinski definition) is 1. The lowest BCUT2D eigenvalue weighted by molar-refractivity contribution is 0.103. The third-order valence-corrected chi connectivity index (χ3v) is 3.36. The van der Waals surface area contributed by atoms with E-state index in [2.05, 4.69) is 9.97 Å².